The lowest BCUT2D eigenvalue weighted by atomic mass is 10.1. The molecule has 0 bridgehead atoms. The van der Waals surface area contributed by atoms with Crippen LogP contribution in [0.2, 0.25) is 0 Å². The van der Waals surface area contributed by atoms with Crippen LogP contribution < -0.4 is 5.32 Å². The van der Waals surface area contributed by atoms with Gasteiger partial charge in [-0.05, 0) is 39.3 Å². The second-order valence-corrected chi connectivity index (χ2v) is 6.19. The summed E-state index contributed by atoms with van der Waals surface area (Å²) >= 11 is 0. The second-order valence-electron chi connectivity index (χ2n) is 6.19. The number of carbonyl (C=O) groups excluding carboxylic acids is 1. The van der Waals surface area contributed by atoms with Gasteiger partial charge in [-0.2, -0.15) is 5.10 Å². The van der Waals surface area contributed by atoms with E-state index in [4.69, 9.17) is 0 Å². The van der Waals surface area contributed by atoms with Gasteiger partial charge in [0.1, 0.15) is 0 Å². The maximum Gasteiger partial charge on any atom is 0.321 e. The lowest BCUT2D eigenvalue weighted by molar-refractivity contribution is 0.215. The molecule has 1 fully saturated rings. The van der Waals surface area contributed by atoms with Crippen LogP contribution in [0, 0.1) is 19.8 Å². The first kappa shape index (κ1) is 16.8. The van der Waals surface area contributed by atoms with Crippen LogP contribution in [-0.2, 0) is 7.05 Å². The number of nitrogens with zero attached hydrogens (tertiary/aromatic N) is 4. The molecule has 0 radical (unpaired) electrons. The maximum atomic E-state index is 12.5. The predicted octanol–water partition coefficient (Wildman–Crippen LogP) is 2.23. The molecule has 0 aromatic carbocycles. The van der Waals surface area contributed by atoms with Gasteiger partial charge >= 0.3 is 6.03 Å². The predicted molar refractivity (Wildman–Crippen MR) is 89.2 cm³/mol. The van der Waals surface area contributed by atoms with Crippen LogP contribution in [0.1, 0.15) is 31.7 Å². The molecule has 0 saturated carbocycles. The molecule has 1 unspecified atom stereocenters. The van der Waals surface area contributed by atoms with E-state index < -0.39 is 0 Å². The largest absolute Gasteiger partial charge is 0.324 e. The third-order valence-electron chi connectivity index (χ3n) is 4.72. The van der Waals surface area contributed by atoms with Gasteiger partial charge in [-0.15, -0.1) is 0 Å². The van der Waals surface area contributed by atoms with Crippen LogP contribution >= 0.6 is 0 Å². The average Bonchev–Trinajstić information content (AvgIpc) is 3.05. The second kappa shape index (κ2) is 7.13. The van der Waals surface area contributed by atoms with E-state index in [1.807, 2.05) is 25.8 Å². The van der Waals surface area contributed by atoms with Crippen molar-refractivity contribution in [2.24, 2.45) is 13.0 Å². The Morgan fingerprint density at radius 3 is 2.59 bits per heavy atom. The highest BCUT2D eigenvalue weighted by atomic mass is 16.2. The number of rotatable bonds is 5. The molecule has 1 atom stereocenters. The van der Waals surface area contributed by atoms with Crippen LogP contribution in [-0.4, -0.2) is 58.3 Å². The summed E-state index contributed by atoms with van der Waals surface area (Å²) in [6.45, 7) is 13.2. The molecule has 1 aliphatic rings. The monoisotopic (exact) mass is 307 g/mol. The van der Waals surface area contributed by atoms with E-state index in [1.54, 1.807) is 4.68 Å². The Morgan fingerprint density at radius 2 is 2.05 bits per heavy atom. The first-order valence-electron chi connectivity index (χ1n) is 8.24. The quantitative estimate of drug-likeness (QED) is 0.907. The standard InChI is InChI=1S/C16H29N5O/c1-6-20(7-2)10-14-8-9-21(11-14)16(22)17-15-12(3)18-19(5)13(15)4/h14H,6-11H2,1-5H3,(H,17,22). The van der Waals surface area contributed by atoms with E-state index in [0.29, 0.717) is 5.92 Å². The van der Waals surface area contributed by atoms with Crippen LogP contribution in [0.25, 0.3) is 0 Å². The Morgan fingerprint density at radius 1 is 1.36 bits per heavy atom. The Kier molecular flexibility index (Phi) is 5.45. The van der Waals surface area contributed by atoms with Gasteiger partial charge in [-0.3, -0.25) is 4.68 Å². The van der Waals surface area contributed by atoms with Gasteiger partial charge in [0, 0.05) is 26.7 Å². The minimum Gasteiger partial charge on any atom is -0.324 e. The van der Waals surface area contributed by atoms with Crippen molar-refractivity contribution in [2.45, 2.75) is 34.1 Å². The lowest BCUT2D eigenvalue weighted by Crippen LogP contribution is -2.35. The number of carbonyl (C=O) groups is 1. The third kappa shape index (κ3) is 3.61. The number of aromatic nitrogens is 2. The molecule has 0 spiro atoms. The fourth-order valence-electron chi connectivity index (χ4n) is 3.15. The van der Waals surface area contributed by atoms with E-state index in [-0.39, 0.29) is 6.03 Å². The Labute approximate surface area is 133 Å². The molecule has 0 aliphatic carbocycles. The number of anilines is 1. The summed E-state index contributed by atoms with van der Waals surface area (Å²) in [7, 11) is 1.90. The zero-order valence-electron chi connectivity index (χ0n) is 14.5. The van der Waals surface area contributed by atoms with Crippen molar-refractivity contribution in [3.05, 3.63) is 11.4 Å². The average molecular weight is 307 g/mol. The van der Waals surface area contributed by atoms with Crippen molar-refractivity contribution in [3.63, 3.8) is 0 Å². The highest BCUT2D eigenvalue weighted by Gasteiger charge is 2.28. The summed E-state index contributed by atoms with van der Waals surface area (Å²) < 4.78 is 1.80. The molecule has 1 aliphatic heterocycles. The Balaban J connectivity index is 1.92. The summed E-state index contributed by atoms with van der Waals surface area (Å²) in [5, 5.41) is 7.38. The maximum absolute atomic E-state index is 12.5. The summed E-state index contributed by atoms with van der Waals surface area (Å²) in [4.78, 5) is 16.8. The number of nitrogens with one attached hydrogen (secondary N) is 1. The fraction of sp³-hybridized carbons (Fsp3) is 0.750. The normalized spacial score (nSPS) is 18.3. The van der Waals surface area contributed by atoms with Crippen LogP contribution in [0.15, 0.2) is 0 Å². The molecule has 2 heterocycles. The van der Waals surface area contributed by atoms with E-state index in [9.17, 15) is 4.79 Å². The number of hydrogen-bond donors (Lipinski definition) is 1. The molecule has 22 heavy (non-hydrogen) atoms. The van der Waals surface area contributed by atoms with Crippen molar-refractivity contribution in [1.82, 2.24) is 19.6 Å². The van der Waals surface area contributed by atoms with Gasteiger partial charge in [-0.25, -0.2) is 4.79 Å². The Hall–Kier alpha value is -1.56. The van der Waals surface area contributed by atoms with Gasteiger partial charge in [0.2, 0.25) is 0 Å². The first-order chi connectivity index (χ1) is 10.5. The summed E-state index contributed by atoms with van der Waals surface area (Å²) in [6.07, 6.45) is 1.09. The van der Waals surface area contributed by atoms with Crippen molar-refractivity contribution in [2.75, 3.05) is 38.0 Å². The number of urea groups is 1. The summed E-state index contributed by atoms with van der Waals surface area (Å²) in [5.41, 5.74) is 2.71. The fourth-order valence-corrected chi connectivity index (χ4v) is 3.15. The zero-order chi connectivity index (χ0) is 16.3. The van der Waals surface area contributed by atoms with Gasteiger partial charge in [-0.1, -0.05) is 13.8 Å². The van der Waals surface area contributed by atoms with Gasteiger partial charge in [0.05, 0.1) is 17.1 Å². The molecule has 2 amide bonds. The van der Waals surface area contributed by atoms with Crippen LogP contribution in [0.5, 0.6) is 0 Å². The Bertz CT molecular complexity index is 521. The lowest BCUT2D eigenvalue weighted by Gasteiger charge is -2.22. The van der Waals surface area contributed by atoms with Gasteiger partial charge in [0.25, 0.3) is 0 Å². The smallest absolute Gasteiger partial charge is 0.321 e. The third-order valence-corrected chi connectivity index (χ3v) is 4.72. The SMILES string of the molecule is CCN(CC)CC1CCN(C(=O)Nc2c(C)nn(C)c2C)C1. The van der Waals surface area contributed by atoms with Gasteiger partial charge in [0.15, 0.2) is 0 Å². The highest BCUT2D eigenvalue weighted by Crippen LogP contribution is 2.22. The molecule has 1 N–H and O–H groups in total. The van der Waals surface area contributed by atoms with E-state index in [2.05, 4.69) is 29.2 Å². The van der Waals surface area contributed by atoms with Crippen LogP contribution in [0.4, 0.5) is 10.5 Å². The number of aryl methyl sites for hydroxylation is 2. The molecular formula is C16H29N5O. The van der Waals surface area contributed by atoms with Crippen molar-refractivity contribution in [3.8, 4) is 0 Å². The number of hydrogen-bond acceptors (Lipinski definition) is 3. The summed E-state index contributed by atoms with van der Waals surface area (Å²) in [6, 6.07) is 0.00115. The number of likely N-dealkylation sites (tertiary alicyclic amines) is 1. The minimum atomic E-state index is 0.00115. The molecule has 1 aromatic rings. The minimum absolute atomic E-state index is 0.00115. The molecule has 1 aromatic heterocycles. The van der Waals surface area contributed by atoms with Crippen molar-refractivity contribution in [1.29, 1.82) is 0 Å². The van der Waals surface area contributed by atoms with Crippen LogP contribution in [0.3, 0.4) is 0 Å². The number of amides is 2. The molecule has 1 saturated heterocycles. The summed E-state index contributed by atoms with van der Waals surface area (Å²) in [5.74, 6) is 0.585. The molecule has 124 valence electrons. The first-order valence-corrected chi connectivity index (χ1v) is 8.24. The molecule has 2 rings (SSSR count). The van der Waals surface area contributed by atoms with Crippen molar-refractivity contribution >= 4 is 11.7 Å². The highest BCUT2D eigenvalue weighted by molar-refractivity contribution is 5.90. The topological polar surface area (TPSA) is 53.4 Å². The van der Waals surface area contributed by atoms with E-state index >= 15 is 0 Å². The molecule has 6 heteroatoms. The van der Waals surface area contributed by atoms with E-state index in [1.165, 1.54) is 0 Å². The van der Waals surface area contributed by atoms with E-state index in [0.717, 1.165) is 56.2 Å². The molecule has 6 nitrogen and oxygen atoms in total. The zero-order valence-corrected chi connectivity index (χ0v) is 14.5. The van der Waals surface area contributed by atoms with Gasteiger partial charge < -0.3 is 15.1 Å². The van der Waals surface area contributed by atoms with Crippen molar-refractivity contribution < 1.29 is 4.79 Å². The molecular weight excluding hydrogens is 278 g/mol.